The average molecular weight is 405 g/mol. The molecule has 2 heterocycles. The lowest BCUT2D eigenvalue weighted by Crippen LogP contribution is -2.43. The molecule has 0 radical (unpaired) electrons. The molecule has 1 aliphatic heterocycles. The highest BCUT2D eigenvalue weighted by atomic mass is 35.5. The van der Waals surface area contributed by atoms with Crippen LogP contribution in [0.2, 0.25) is 0 Å². The second-order valence-corrected chi connectivity index (χ2v) is 7.79. The molecule has 2 atom stereocenters. The number of carbonyl (C=O) groups excluding carboxylic acids is 1. The van der Waals surface area contributed by atoms with E-state index in [1.54, 1.807) is 0 Å². The quantitative estimate of drug-likeness (QED) is 0.652. The lowest BCUT2D eigenvalue weighted by Gasteiger charge is -2.30. The minimum Gasteiger partial charge on any atom is -0.346 e. The first-order valence-electron chi connectivity index (χ1n) is 10.2. The van der Waals surface area contributed by atoms with E-state index in [0.29, 0.717) is 11.9 Å². The summed E-state index contributed by atoms with van der Waals surface area (Å²) in [4.78, 5) is 14.5. The molecule has 6 heteroatoms. The van der Waals surface area contributed by atoms with Crippen LogP contribution in [0.1, 0.15) is 44.7 Å². The van der Waals surface area contributed by atoms with E-state index in [1.165, 1.54) is 5.69 Å². The minimum absolute atomic E-state index is 0. The maximum absolute atomic E-state index is 12.6. The molecule has 1 saturated heterocycles. The van der Waals surface area contributed by atoms with Crippen molar-refractivity contribution in [3.63, 3.8) is 0 Å². The zero-order valence-corrected chi connectivity index (χ0v) is 17.8. The van der Waals surface area contributed by atoms with Crippen molar-refractivity contribution >= 4 is 18.3 Å². The largest absolute Gasteiger partial charge is 0.346 e. The second kappa shape index (κ2) is 11.2. The number of aromatic amines is 1. The Kier molecular flexibility index (Phi) is 9.00. The highest BCUT2D eigenvalue weighted by Gasteiger charge is 2.26. The molecule has 2 aromatic rings. The van der Waals surface area contributed by atoms with Crippen molar-refractivity contribution in [2.45, 2.75) is 51.5 Å². The number of nitrogens with one attached hydrogen (secondary N) is 2. The Bertz CT molecular complexity index is 718. The first-order chi connectivity index (χ1) is 13.1. The third kappa shape index (κ3) is 6.35. The van der Waals surface area contributed by atoms with E-state index < -0.39 is 0 Å². The van der Waals surface area contributed by atoms with E-state index >= 15 is 0 Å². The van der Waals surface area contributed by atoms with Crippen molar-refractivity contribution in [3.8, 4) is 11.3 Å². The number of aromatic nitrogens is 2. The molecular formula is C22H33ClN4O. The topological polar surface area (TPSA) is 61.0 Å². The fourth-order valence-corrected chi connectivity index (χ4v) is 3.87. The van der Waals surface area contributed by atoms with Gasteiger partial charge in [-0.1, -0.05) is 36.8 Å². The van der Waals surface area contributed by atoms with Crippen LogP contribution in [-0.2, 0) is 11.2 Å². The van der Waals surface area contributed by atoms with Gasteiger partial charge in [-0.25, -0.2) is 0 Å². The molecule has 1 aromatic heterocycles. The van der Waals surface area contributed by atoms with Gasteiger partial charge in [0, 0.05) is 36.8 Å². The monoisotopic (exact) mass is 404 g/mol. The van der Waals surface area contributed by atoms with Crippen LogP contribution in [-0.4, -0.2) is 47.2 Å². The molecule has 0 aliphatic carbocycles. The van der Waals surface area contributed by atoms with Crippen LogP contribution in [0.15, 0.2) is 36.4 Å². The van der Waals surface area contributed by atoms with Gasteiger partial charge < -0.3 is 10.2 Å². The van der Waals surface area contributed by atoms with Crippen LogP contribution < -0.4 is 5.32 Å². The SMILES string of the molecule is C[C@H]1C[C@@H](C(=O)N(C)CCCCCc2cc(-c3ccccc3)n[nH]2)CCN1.Cl. The van der Waals surface area contributed by atoms with Gasteiger partial charge in [0.1, 0.15) is 0 Å². The van der Waals surface area contributed by atoms with Gasteiger partial charge in [-0.2, -0.15) is 5.10 Å². The summed E-state index contributed by atoms with van der Waals surface area (Å²) in [7, 11) is 1.95. The summed E-state index contributed by atoms with van der Waals surface area (Å²) >= 11 is 0. The maximum Gasteiger partial charge on any atom is 0.225 e. The van der Waals surface area contributed by atoms with Gasteiger partial charge in [0.15, 0.2) is 0 Å². The smallest absolute Gasteiger partial charge is 0.225 e. The number of halogens is 1. The number of aryl methyl sites for hydroxylation is 1. The molecule has 5 nitrogen and oxygen atoms in total. The summed E-state index contributed by atoms with van der Waals surface area (Å²) in [6.45, 7) is 3.98. The van der Waals surface area contributed by atoms with Gasteiger partial charge >= 0.3 is 0 Å². The molecule has 0 bridgehead atoms. The predicted molar refractivity (Wildman–Crippen MR) is 117 cm³/mol. The van der Waals surface area contributed by atoms with Crippen LogP contribution in [0.5, 0.6) is 0 Å². The number of rotatable bonds is 8. The molecule has 2 N–H and O–H groups in total. The number of benzene rings is 1. The van der Waals surface area contributed by atoms with Crippen molar-refractivity contribution in [2.24, 2.45) is 5.92 Å². The number of carbonyl (C=O) groups is 1. The number of H-pyrrole nitrogens is 1. The molecule has 1 aliphatic rings. The van der Waals surface area contributed by atoms with Crippen LogP contribution in [0.25, 0.3) is 11.3 Å². The van der Waals surface area contributed by atoms with E-state index in [-0.39, 0.29) is 18.3 Å². The number of unbranched alkanes of at least 4 members (excludes halogenated alkanes) is 2. The van der Waals surface area contributed by atoms with Gasteiger partial charge in [-0.3, -0.25) is 9.89 Å². The fraction of sp³-hybridized carbons (Fsp3) is 0.545. The lowest BCUT2D eigenvalue weighted by molar-refractivity contribution is -0.135. The van der Waals surface area contributed by atoms with Crippen molar-refractivity contribution < 1.29 is 4.79 Å². The maximum atomic E-state index is 12.6. The van der Waals surface area contributed by atoms with Crippen LogP contribution in [0, 0.1) is 5.92 Å². The van der Waals surface area contributed by atoms with Gasteiger partial charge in [0.2, 0.25) is 5.91 Å². The average Bonchev–Trinajstić information content (AvgIpc) is 3.16. The Morgan fingerprint density at radius 1 is 1.21 bits per heavy atom. The number of amides is 1. The number of piperidine rings is 1. The van der Waals surface area contributed by atoms with E-state index in [9.17, 15) is 4.79 Å². The van der Waals surface area contributed by atoms with Gasteiger partial charge in [-0.15, -0.1) is 12.4 Å². The second-order valence-electron chi connectivity index (χ2n) is 7.79. The summed E-state index contributed by atoms with van der Waals surface area (Å²) < 4.78 is 0. The van der Waals surface area contributed by atoms with E-state index in [1.807, 2.05) is 30.1 Å². The molecule has 28 heavy (non-hydrogen) atoms. The molecule has 0 spiro atoms. The van der Waals surface area contributed by atoms with Crippen molar-refractivity contribution in [1.29, 1.82) is 0 Å². The predicted octanol–water partition coefficient (Wildman–Crippen LogP) is 4.06. The van der Waals surface area contributed by atoms with Crippen LogP contribution in [0.4, 0.5) is 0 Å². The van der Waals surface area contributed by atoms with Crippen molar-refractivity contribution in [3.05, 3.63) is 42.1 Å². The fourth-order valence-electron chi connectivity index (χ4n) is 3.87. The first kappa shape index (κ1) is 22.4. The summed E-state index contributed by atoms with van der Waals surface area (Å²) in [5.41, 5.74) is 3.33. The Morgan fingerprint density at radius 2 is 2.00 bits per heavy atom. The molecule has 0 saturated carbocycles. The highest BCUT2D eigenvalue weighted by Crippen LogP contribution is 2.19. The number of hydrogen-bond donors (Lipinski definition) is 2. The third-order valence-electron chi connectivity index (χ3n) is 5.49. The van der Waals surface area contributed by atoms with Crippen molar-refractivity contribution in [1.82, 2.24) is 20.4 Å². The van der Waals surface area contributed by atoms with Crippen LogP contribution in [0.3, 0.4) is 0 Å². The molecule has 1 fully saturated rings. The standard InChI is InChI=1S/C22H32N4O.ClH/c1-17-15-19(12-13-23-17)22(27)26(2)14-8-4-7-11-20-16-21(25-24-20)18-9-5-3-6-10-18;/h3,5-6,9-10,16-17,19,23H,4,7-8,11-15H2,1-2H3,(H,24,25);1H/t17-,19-;/m0./s1. The minimum atomic E-state index is 0. The Labute approximate surface area is 174 Å². The number of nitrogens with zero attached hydrogens (tertiary/aromatic N) is 2. The summed E-state index contributed by atoms with van der Waals surface area (Å²) in [6.07, 6.45) is 6.23. The molecular weight excluding hydrogens is 372 g/mol. The van der Waals surface area contributed by atoms with E-state index in [2.05, 4.69) is 40.6 Å². The molecule has 154 valence electrons. The van der Waals surface area contributed by atoms with Crippen LogP contribution >= 0.6 is 12.4 Å². The van der Waals surface area contributed by atoms with Crippen molar-refractivity contribution in [2.75, 3.05) is 20.1 Å². The number of hydrogen-bond acceptors (Lipinski definition) is 3. The Hall–Kier alpha value is -1.85. The Balaban J connectivity index is 0.00000280. The molecule has 1 amide bonds. The highest BCUT2D eigenvalue weighted by molar-refractivity contribution is 5.85. The molecule has 1 aromatic carbocycles. The zero-order chi connectivity index (χ0) is 19.1. The van der Waals surface area contributed by atoms with Gasteiger partial charge in [0.25, 0.3) is 0 Å². The third-order valence-corrected chi connectivity index (χ3v) is 5.49. The normalized spacial score (nSPS) is 19.1. The summed E-state index contributed by atoms with van der Waals surface area (Å²) in [5, 5.41) is 11.0. The van der Waals surface area contributed by atoms with E-state index in [0.717, 1.165) is 62.9 Å². The van der Waals surface area contributed by atoms with E-state index in [4.69, 9.17) is 0 Å². The Morgan fingerprint density at radius 3 is 2.75 bits per heavy atom. The lowest BCUT2D eigenvalue weighted by atomic mass is 9.92. The molecule has 3 rings (SSSR count). The first-order valence-corrected chi connectivity index (χ1v) is 10.2. The zero-order valence-electron chi connectivity index (χ0n) is 17.0. The molecule has 0 unspecified atom stereocenters. The van der Waals surface area contributed by atoms with Gasteiger partial charge in [-0.05, 0) is 51.6 Å². The summed E-state index contributed by atoms with van der Waals surface area (Å²) in [6, 6.07) is 12.8. The van der Waals surface area contributed by atoms with Gasteiger partial charge in [0.05, 0.1) is 5.69 Å². The summed E-state index contributed by atoms with van der Waals surface area (Å²) in [5.74, 6) is 0.525.